The number of amides is 1. The number of aromatic nitrogens is 4. The van der Waals surface area contributed by atoms with Crippen LogP contribution in [0.1, 0.15) is 28.3 Å². The van der Waals surface area contributed by atoms with E-state index in [-0.39, 0.29) is 5.56 Å². The molecule has 1 aliphatic heterocycles. The lowest BCUT2D eigenvalue weighted by Gasteiger charge is -2.11. The van der Waals surface area contributed by atoms with Gasteiger partial charge in [-0.15, -0.1) is 0 Å². The number of halogens is 2. The van der Waals surface area contributed by atoms with Crippen LogP contribution in [-0.4, -0.2) is 38.3 Å². The van der Waals surface area contributed by atoms with Crippen molar-refractivity contribution in [2.45, 2.75) is 12.3 Å². The van der Waals surface area contributed by atoms with Gasteiger partial charge < -0.3 is 16.0 Å². The molecule has 1 saturated heterocycles. The molecule has 4 heterocycles. The van der Waals surface area contributed by atoms with Gasteiger partial charge in [0, 0.05) is 35.9 Å². The molecule has 0 radical (unpaired) electrons. The number of imidazole rings is 1. The third-order valence-corrected chi connectivity index (χ3v) is 7.69. The lowest BCUT2D eigenvalue weighted by atomic mass is 9.98. The van der Waals surface area contributed by atoms with Crippen molar-refractivity contribution in [3.8, 4) is 22.6 Å². The zero-order valence-corrected chi connectivity index (χ0v) is 23.5. The van der Waals surface area contributed by atoms with Crippen LogP contribution < -0.4 is 16.0 Å². The van der Waals surface area contributed by atoms with Gasteiger partial charge in [-0.05, 0) is 85.1 Å². The van der Waals surface area contributed by atoms with Crippen molar-refractivity contribution in [2.24, 2.45) is 0 Å². The maximum Gasteiger partial charge on any atom is 0.258 e. The Balaban J connectivity index is 1.21. The molecule has 0 saturated carbocycles. The summed E-state index contributed by atoms with van der Waals surface area (Å²) >= 11 is 0. The van der Waals surface area contributed by atoms with E-state index in [1.165, 1.54) is 5.56 Å². The number of carbonyl (C=O) groups is 1. The molecule has 6 aromatic rings. The minimum atomic E-state index is -0.807. The summed E-state index contributed by atoms with van der Waals surface area (Å²) in [6.45, 7) is 2.05. The number of pyridine rings is 1. The van der Waals surface area contributed by atoms with Crippen molar-refractivity contribution in [3.05, 3.63) is 126 Å². The molecule has 1 atom stereocenters. The first-order valence-corrected chi connectivity index (χ1v) is 14.3. The number of anilines is 3. The molecule has 1 fully saturated rings. The van der Waals surface area contributed by atoms with Crippen LogP contribution in [0.3, 0.4) is 0 Å². The first-order chi connectivity index (χ1) is 21.5. The third-order valence-electron chi connectivity index (χ3n) is 7.69. The van der Waals surface area contributed by atoms with Gasteiger partial charge in [0.05, 0.1) is 22.6 Å². The smallest absolute Gasteiger partial charge is 0.258 e. The van der Waals surface area contributed by atoms with E-state index in [2.05, 4.69) is 33.1 Å². The Morgan fingerprint density at radius 1 is 0.909 bits per heavy atom. The molecule has 218 valence electrons. The van der Waals surface area contributed by atoms with Crippen molar-refractivity contribution < 1.29 is 13.6 Å². The van der Waals surface area contributed by atoms with E-state index in [1.54, 1.807) is 24.4 Å². The minimum absolute atomic E-state index is 0.380. The third kappa shape index (κ3) is 5.50. The predicted molar refractivity (Wildman–Crippen MR) is 166 cm³/mol. The summed E-state index contributed by atoms with van der Waals surface area (Å²) in [5.41, 5.74) is 5.62. The first-order valence-electron chi connectivity index (χ1n) is 14.3. The Labute approximate surface area is 251 Å². The Kier molecular flexibility index (Phi) is 7.25. The zero-order chi connectivity index (χ0) is 30.0. The Morgan fingerprint density at radius 3 is 2.64 bits per heavy atom. The Hall–Kier alpha value is -5.48. The topological polar surface area (TPSA) is 96.2 Å². The van der Waals surface area contributed by atoms with Crippen LogP contribution in [0.25, 0.3) is 28.3 Å². The molecule has 0 spiro atoms. The predicted octanol–water partition coefficient (Wildman–Crippen LogP) is 6.81. The van der Waals surface area contributed by atoms with Gasteiger partial charge in [0.1, 0.15) is 17.3 Å². The van der Waals surface area contributed by atoms with Crippen LogP contribution >= 0.6 is 0 Å². The highest BCUT2D eigenvalue weighted by atomic mass is 19.1. The average Bonchev–Trinajstić information content (AvgIpc) is 3.72. The lowest BCUT2D eigenvalue weighted by molar-refractivity contribution is 0.102. The maximum atomic E-state index is 14.2. The number of nitrogens with zero attached hydrogens (tertiary/aromatic N) is 4. The molecule has 10 heteroatoms. The van der Waals surface area contributed by atoms with Crippen molar-refractivity contribution in [2.75, 3.05) is 23.7 Å². The van der Waals surface area contributed by atoms with Crippen LogP contribution in [0.4, 0.5) is 26.1 Å². The Bertz CT molecular complexity index is 1980. The number of benzene rings is 3. The molecule has 7 rings (SSSR count). The standard InChI is InChI=1S/C34H27F2N7O/c35-24-9-12-28(36)27(19-24)33(44)39-26-5-3-4-22(18-26)31-32(43-17-2-1-6-30(43)42-31)29-14-16-38-34(41-29)40-25-10-7-21(8-11-25)23-13-15-37-20-23/h1-12,14,16-19,23,37H,13,15,20H2,(H,39,44)(H,38,40,41). The zero-order valence-electron chi connectivity index (χ0n) is 23.5. The van der Waals surface area contributed by atoms with Gasteiger partial charge in [0.25, 0.3) is 5.91 Å². The fourth-order valence-electron chi connectivity index (χ4n) is 5.51. The largest absolute Gasteiger partial charge is 0.324 e. The summed E-state index contributed by atoms with van der Waals surface area (Å²) < 4.78 is 29.9. The lowest BCUT2D eigenvalue weighted by Crippen LogP contribution is -2.14. The van der Waals surface area contributed by atoms with Crippen molar-refractivity contribution in [3.63, 3.8) is 0 Å². The molecule has 3 aromatic carbocycles. The molecule has 0 bridgehead atoms. The molecule has 8 nitrogen and oxygen atoms in total. The van der Waals surface area contributed by atoms with Gasteiger partial charge in [0.15, 0.2) is 0 Å². The summed E-state index contributed by atoms with van der Waals surface area (Å²) in [5.74, 6) is -1.29. The van der Waals surface area contributed by atoms with Gasteiger partial charge in [-0.25, -0.2) is 23.7 Å². The van der Waals surface area contributed by atoms with Gasteiger partial charge in [-0.1, -0.05) is 30.3 Å². The van der Waals surface area contributed by atoms with E-state index in [1.807, 2.05) is 53.1 Å². The molecule has 3 N–H and O–H groups in total. The number of carbonyl (C=O) groups excluding carboxylic acids is 1. The van der Waals surface area contributed by atoms with E-state index >= 15 is 0 Å². The number of rotatable bonds is 7. The average molecular weight is 588 g/mol. The van der Waals surface area contributed by atoms with E-state index in [0.29, 0.717) is 40.2 Å². The summed E-state index contributed by atoms with van der Waals surface area (Å²) in [7, 11) is 0. The normalized spacial score (nSPS) is 14.5. The van der Waals surface area contributed by atoms with Crippen molar-refractivity contribution in [1.82, 2.24) is 24.7 Å². The van der Waals surface area contributed by atoms with Crippen LogP contribution in [-0.2, 0) is 0 Å². The van der Waals surface area contributed by atoms with Crippen LogP contribution in [0.15, 0.2) is 103 Å². The van der Waals surface area contributed by atoms with Gasteiger partial charge in [0.2, 0.25) is 5.95 Å². The number of fused-ring (bicyclic) bond motifs is 1. The summed E-state index contributed by atoms with van der Waals surface area (Å²) in [4.78, 5) is 26.9. The Morgan fingerprint density at radius 2 is 1.80 bits per heavy atom. The highest BCUT2D eigenvalue weighted by molar-refractivity contribution is 6.04. The summed E-state index contributed by atoms with van der Waals surface area (Å²) in [6, 6.07) is 25.7. The molecule has 1 unspecified atom stereocenters. The highest BCUT2D eigenvalue weighted by Gasteiger charge is 2.20. The maximum absolute atomic E-state index is 14.2. The van der Waals surface area contributed by atoms with E-state index in [9.17, 15) is 13.6 Å². The van der Waals surface area contributed by atoms with E-state index in [4.69, 9.17) is 9.97 Å². The highest BCUT2D eigenvalue weighted by Crippen LogP contribution is 2.34. The van der Waals surface area contributed by atoms with E-state index < -0.39 is 17.5 Å². The van der Waals surface area contributed by atoms with Gasteiger partial charge in [-0.2, -0.15) is 0 Å². The number of hydrogen-bond acceptors (Lipinski definition) is 6. The molecule has 3 aromatic heterocycles. The quantitative estimate of drug-likeness (QED) is 0.190. The first kappa shape index (κ1) is 27.4. The molecular formula is C34H27F2N7O. The van der Waals surface area contributed by atoms with Crippen molar-refractivity contribution >= 4 is 28.9 Å². The molecule has 1 amide bonds. The molecule has 44 heavy (non-hydrogen) atoms. The van der Waals surface area contributed by atoms with Crippen LogP contribution in [0.2, 0.25) is 0 Å². The van der Waals surface area contributed by atoms with E-state index in [0.717, 1.165) is 49.1 Å². The van der Waals surface area contributed by atoms with Crippen LogP contribution in [0, 0.1) is 11.6 Å². The molecular weight excluding hydrogens is 560 g/mol. The molecule has 0 aliphatic carbocycles. The number of nitrogens with one attached hydrogen (secondary N) is 3. The summed E-state index contributed by atoms with van der Waals surface area (Å²) in [6.07, 6.45) is 4.74. The van der Waals surface area contributed by atoms with Gasteiger partial charge in [-0.3, -0.25) is 9.20 Å². The van der Waals surface area contributed by atoms with Gasteiger partial charge >= 0.3 is 0 Å². The second kappa shape index (κ2) is 11.7. The second-order valence-corrected chi connectivity index (χ2v) is 10.6. The SMILES string of the molecule is O=C(Nc1cccc(-c2nc3ccccn3c2-c2ccnc(Nc3ccc(C4CCNC4)cc3)n2)c1)c1cc(F)ccc1F. The fraction of sp³-hybridized carbons (Fsp3) is 0.118. The minimum Gasteiger partial charge on any atom is -0.324 e. The molecule has 1 aliphatic rings. The summed E-state index contributed by atoms with van der Waals surface area (Å²) in [5, 5.41) is 9.39. The van der Waals surface area contributed by atoms with Crippen LogP contribution in [0.5, 0.6) is 0 Å². The second-order valence-electron chi connectivity index (χ2n) is 10.6. The monoisotopic (exact) mass is 587 g/mol. The fourth-order valence-corrected chi connectivity index (χ4v) is 5.51. The number of hydrogen-bond donors (Lipinski definition) is 3. The van der Waals surface area contributed by atoms with Crippen molar-refractivity contribution in [1.29, 1.82) is 0 Å².